The molecule has 2 aliphatic heterocycles. The summed E-state index contributed by atoms with van der Waals surface area (Å²) < 4.78 is 17.0. The third-order valence-corrected chi connectivity index (χ3v) is 8.22. The predicted octanol–water partition coefficient (Wildman–Crippen LogP) is 3.69. The molecule has 3 N–H and O–H groups in total. The number of methoxy groups -OCH3 is 2. The first-order valence-electron chi connectivity index (χ1n) is 14.2. The average Bonchev–Trinajstić information content (AvgIpc) is 3.35. The fraction of sp³-hybridized carbons (Fsp3) is 0.367. The minimum atomic E-state index is -0.815. The molecule has 0 aliphatic carbocycles. The third-order valence-electron chi connectivity index (χ3n) is 7.61. The Morgan fingerprint density at radius 2 is 1.82 bits per heavy atom. The van der Waals surface area contributed by atoms with Crippen LogP contribution in [0.5, 0.6) is 17.2 Å². The van der Waals surface area contributed by atoms with Gasteiger partial charge in [-0.15, -0.1) is 0 Å². The van der Waals surface area contributed by atoms with Crippen molar-refractivity contribution in [2.75, 3.05) is 58.9 Å². The molecule has 1 unspecified atom stereocenters. The number of amides is 4. The highest BCUT2D eigenvalue weighted by Gasteiger charge is 2.33. The molecule has 15 heteroatoms. The maximum Gasteiger partial charge on any atom is 0.322 e. The van der Waals surface area contributed by atoms with Gasteiger partial charge in [0.05, 0.1) is 59.7 Å². The van der Waals surface area contributed by atoms with E-state index in [0.29, 0.717) is 87.9 Å². The van der Waals surface area contributed by atoms with E-state index < -0.39 is 18.0 Å². The van der Waals surface area contributed by atoms with Gasteiger partial charge < -0.3 is 29.7 Å². The van der Waals surface area contributed by atoms with Crippen molar-refractivity contribution >= 4 is 63.3 Å². The summed E-state index contributed by atoms with van der Waals surface area (Å²) in [6.45, 7) is 3.65. The first-order chi connectivity index (χ1) is 21.7. The lowest BCUT2D eigenvalue weighted by Crippen LogP contribution is -2.50. The van der Waals surface area contributed by atoms with E-state index in [1.54, 1.807) is 29.2 Å². The third kappa shape index (κ3) is 7.25. The number of carbonyl (C=O) groups is 3. The van der Waals surface area contributed by atoms with Gasteiger partial charge in [0.15, 0.2) is 11.5 Å². The van der Waals surface area contributed by atoms with Crippen molar-refractivity contribution in [2.24, 2.45) is 0 Å². The number of hydrogen-bond donors (Lipinski definition) is 3. The summed E-state index contributed by atoms with van der Waals surface area (Å²) in [7, 11) is 3.04. The number of anilines is 2. The van der Waals surface area contributed by atoms with Crippen molar-refractivity contribution in [3.05, 3.63) is 46.1 Å². The number of nitrogens with one attached hydrogen (secondary N) is 3. The van der Waals surface area contributed by atoms with Crippen LogP contribution in [-0.2, 0) is 9.59 Å². The number of carbonyl (C=O) groups excluding carboxylic acids is 3. The first kappa shape index (κ1) is 31.9. The quantitative estimate of drug-likeness (QED) is 0.205. The van der Waals surface area contributed by atoms with Crippen LogP contribution in [-0.4, -0.2) is 92.2 Å². The molecular weight excluding hydrogens is 625 g/mol. The number of ether oxygens (including phenoxy) is 3. The Balaban J connectivity index is 1.19. The molecule has 0 radical (unpaired) electrons. The first-order valence-corrected chi connectivity index (χ1v) is 14.9. The van der Waals surface area contributed by atoms with Crippen LogP contribution in [0.15, 0.2) is 30.5 Å². The average molecular weight is 657 g/mol. The zero-order valence-electron chi connectivity index (χ0n) is 24.6. The van der Waals surface area contributed by atoms with Gasteiger partial charge >= 0.3 is 6.03 Å². The number of nitriles is 1. The molecule has 45 heavy (non-hydrogen) atoms. The van der Waals surface area contributed by atoms with E-state index in [1.807, 2.05) is 0 Å². The second-order valence-corrected chi connectivity index (χ2v) is 11.2. The standard InChI is InChI=1S/C30H31Cl2N7O6/c1-43-24-13-22(19(31)11-20(24)32)35-28-17(15-33)16-34-21-12-26(25(44-2)10-18(21)28)45-9-3-4-38-5-7-39(8-6-38)27(40)14-23-29(41)37-30(42)36-23/h10-13,16,23H,3-9,14H2,1-2H3,(H,34,35)(H2,36,37,41,42). The molecule has 0 saturated carbocycles. The highest BCUT2D eigenvalue weighted by Crippen LogP contribution is 2.40. The Morgan fingerprint density at radius 1 is 1.07 bits per heavy atom. The van der Waals surface area contributed by atoms with E-state index in [1.165, 1.54) is 20.4 Å². The summed E-state index contributed by atoms with van der Waals surface area (Å²) in [4.78, 5) is 44.0. The number of urea groups is 1. The highest BCUT2D eigenvalue weighted by molar-refractivity contribution is 6.37. The van der Waals surface area contributed by atoms with E-state index in [4.69, 9.17) is 37.4 Å². The van der Waals surface area contributed by atoms with E-state index >= 15 is 0 Å². The van der Waals surface area contributed by atoms with E-state index in [0.717, 1.165) is 13.0 Å². The van der Waals surface area contributed by atoms with Crippen LogP contribution in [0.1, 0.15) is 18.4 Å². The summed E-state index contributed by atoms with van der Waals surface area (Å²) in [5.74, 6) is 0.779. The summed E-state index contributed by atoms with van der Waals surface area (Å²) >= 11 is 12.6. The normalized spacial score (nSPS) is 16.6. The molecule has 2 saturated heterocycles. The summed E-state index contributed by atoms with van der Waals surface area (Å²) in [5.41, 5.74) is 1.88. The van der Waals surface area contributed by atoms with Gasteiger partial charge in [-0.05, 0) is 18.6 Å². The van der Waals surface area contributed by atoms with Crippen LogP contribution in [0.4, 0.5) is 16.2 Å². The molecule has 2 aliphatic rings. The Bertz CT molecular complexity index is 1670. The lowest BCUT2D eigenvalue weighted by atomic mass is 10.1. The molecule has 1 atom stereocenters. The molecule has 3 heterocycles. The van der Waals surface area contributed by atoms with Crippen LogP contribution in [0.3, 0.4) is 0 Å². The number of nitrogens with zero attached hydrogens (tertiary/aromatic N) is 4. The van der Waals surface area contributed by atoms with E-state index in [-0.39, 0.29) is 12.3 Å². The SMILES string of the molecule is COc1cc(Nc2c(C#N)cnc3cc(OCCCN4CCN(C(=O)CC5NC(=O)NC5=O)CC4)c(OC)cc23)c(Cl)cc1Cl. The predicted molar refractivity (Wildman–Crippen MR) is 168 cm³/mol. The number of fused-ring (bicyclic) bond motifs is 1. The molecule has 236 valence electrons. The molecule has 4 amide bonds. The maximum absolute atomic E-state index is 12.6. The van der Waals surface area contributed by atoms with Crippen molar-refractivity contribution in [1.82, 2.24) is 25.4 Å². The molecule has 0 spiro atoms. The minimum absolute atomic E-state index is 0.0487. The van der Waals surface area contributed by atoms with Gasteiger partial charge in [-0.3, -0.25) is 24.8 Å². The maximum atomic E-state index is 12.6. The molecule has 0 bridgehead atoms. The van der Waals surface area contributed by atoms with Gasteiger partial charge in [-0.2, -0.15) is 5.26 Å². The highest BCUT2D eigenvalue weighted by atomic mass is 35.5. The largest absolute Gasteiger partial charge is 0.495 e. The van der Waals surface area contributed by atoms with Crippen LogP contribution < -0.4 is 30.2 Å². The summed E-state index contributed by atoms with van der Waals surface area (Å²) in [5, 5.41) is 19.0. The fourth-order valence-electron chi connectivity index (χ4n) is 5.21. The van der Waals surface area contributed by atoms with E-state index in [2.05, 4.69) is 31.9 Å². The number of halogens is 2. The number of hydrogen-bond acceptors (Lipinski definition) is 10. The molecule has 2 fully saturated rings. The molecular formula is C30H31Cl2N7O6. The van der Waals surface area contributed by atoms with Crippen molar-refractivity contribution in [1.29, 1.82) is 5.26 Å². The van der Waals surface area contributed by atoms with Crippen molar-refractivity contribution in [3.63, 3.8) is 0 Å². The lowest BCUT2D eigenvalue weighted by Gasteiger charge is -2.35. The number of pyridine rings is 1. The van der Waals surface area contributed by atoms with Gasteiger partial charge in [-0.25, -0.2) is 4.79 Å². The van der Waals surface area contributed by atoms with Gasteiger partial charge in [0.2, 0.25) is 5.91 Å². The smallest absolute Gasteiger partial charge is 0.322 e. The van der Waals surface area contributed by atoms with Gasteiger partial charge in [0.25, 0.3) is 5.91 Å². The Hall–Kier alpha value is -4.51. The van der Waals surface area contributed by atoms with Crippen LogP contribution in [0.2, 0.25) is 10.0 Å². The van der Waals surface area contributed by atoms with Crippen molar-refractivity contribution < 1.29 is 28.6 Å². The molecule has 5 rings (SSSR count). The number of benzene rings is 2. The molecule has 3 aromatic rings. The van der Waals surface area contributed by atoms with Crippen LogP contribution >= 0.6 is 23.2 Å². The topological polar surface area (TPSA) is 158 Å². The van der Waals surface area contributed by atoms with Crippen LogP contribution in [0, 0.1) is 11.3 Å². The summed E-state index contributed by atoms with van der Waals surface area (Å²) in [6, 6.07) is 7.52. The van der Waals surface area contributed by atoms with E-state index in [9.17, 15) is 19.6 Å². The molecule has 2 aromatic carbocycles. The van der Waals surface area contributed by atoms with Crippen LogP contribution in [0.25, 0.3) is 10.9 Å². The fourth-order valence-corrected chi connectivity index (χ4v) is 5.71. The van der Waals surface area contributed by atoms with Crippen molar-refractivity contribution in [2.45, 2.75) is 18.9 Å². The Labute approximate surface area is 269 Å². The number of imide groups is 1. The zero-order chi connectivity index (χ0) is 32.1. The second-order valence-electron chi connectivity index (χ2n) is 10.4. The number of rotatable bonds is 11. The van der Waals surface area contributed by atoms with Gasteiger partial charge in [0.1, 0.15) is 17.9 Å². The molecule has 13 nitrogen and oxygen atoms in total. The zero-order valence-corrected chi connectivity index (χ0v) is 26.1. The van der Waals surface area contributed by atoms with Crippen molar-refractivity contribution in [3.8, 4) is 23.3 Å². The molecule has 1 aromatic heterocycles. The monoisotopic (exact) mass is 655 g/mol. The lowest BCUT2D eigenvalue weighted by molar-refractivity contribution is -0.135. The Morgan fingerprint density at radius 3 is 2.49 bits per heavy atom. The second kappa shape index (κ2) is 14.1. The summed E-state index contributed by atoms with van der Waals surface area (Å²) in [6.07, 6.45) is 2.16. The number of piperazine rings is 1. The minimum Gasteiger partial charge on any atom is -0.495 e. The number of aromatic nitrogens is 1. The van der Waals surface area contributed by atoms with Gasteiger partial charge in [0, 0.05) is 56.4 Å². The van der Waals surface area contributed by atoms with Gasteiger partial charge in [-0.1, -0.05) is 23.2 Å². The Kier molecular flexibility index (Phi) is 9.97.